The van der Waals surface area contributed by atoms with E-state index in [2.05, 4.69) is 36.4 Å². The second-order valence-corrected chi connectivity index (χ2v) is 7.63. The van der Waals surface area contributed by atoms with Crippen molar-refractivity contribution in [1.29, 1.82) is 0 Å². The molecule has 3 heterocycles. The van der Waals surface area contributed by atoms with Crippen molar-refractivity contribution in [3.05, 3.63) is 41.6 Å². The van der Waals surface area contributed by atoms with Gasteiger partial charge in [-0.1, -0.05) is 6.07 Å². The first-order valence-electron chi connectivity index (χ1n) is 9.78. The number of nitrogens with one attached hydrogen (secondary N) is 1. The van der Waals surface area contributed by atoms with Gasteiger partial charge in [0.05, 0.1) is 29.9 Å². The minimum Gasteiger partial charge on any atom is -0.481 e. The predicted molar refractivity (Wildman–Crippen MR) is 110 cm³/mol. The number of piperidine rings is 1. The van der Waals surface area contributed by atoms with Crippen LogP contribution in [-0.4, -0.2) is 34.3 Å². The van der Waals surface area contributed by atoms with Gasteiger partial charge in [0.2, 0.25) is 11.8 Å². The maximum absolute atomic E-state index is 12.6. The zero-order valence-corrected chi connectivity index (χ0v) is 16.9. The molecular weight excluding hydrogens is 352 g/mol. The first-order valence-corrected chi connectivity index (χ1v) is 9.78. The number of nitrogens with zero attached hydrogens (tertiary/aromatic N) is 3. The van der Waals surface area contributed by atoms with Crippen LogP contribution in [0.5, 0.6) is 5.88 Å². The number of carbonyl (C=O) groups is 1. The van der Waals surface area contributed by atoms with Gasteiger partial charge in [-0.15, -0.1) is 0 Å². The number of fused-ring (bicyclic) bond motifs is 1. The first-order chi connectivity index (χ1) is 13.5. The summed E-state index contributed by atoms with van der Waals surface area (Å²) >= 11 is 0. The number of pyridine rings is 1. The molecule has 0 radical (unpaired) electrons. The molecule has 1 atom stereocenters. The summed E-state index contributed by atoms with van der Waals surface area (Å²) in [5.41, 5.74) is 4.33. The second-order valence-electron chi connectivity index (χ2n) is 7.63. The van der Waals surface area contributed by atoms with Crippen LogP contribution in [0, 0.1) is 6.92 Å². The Bertz CT molecular complexity index is 1060. The molecule has 1 fully saturated rings. The molecule has 3 aromatic rings. The summed E-state index contributed by atoms with van der Waals surface area (Å²) in [5, 5.41) is 8.59. The van der Waals surface area contributed by atoms with E-state index in [-0.39, 0.29) is 5.91 Å². The van der Waals surface area contributed by atoms with Gasteiger partial charge in [-0.25, -0.2) is 4.98 Å². The molecule has 1 aliphatic rings. The minimum absolute atomic E-state index is 0.0377. The number of amides is 1. The minimum atomic E-state index is -0.615. The van der Waals surface area contributed by atoms with Crippen molar-refractivity contribution in [3.8, 4) is 17.1 Å². The number of benzene rings is 1. The molecule has 1 N–H and O–H groups in total. The molecule has 6 heteroatoms. The molecule has 1 saturated heterocycles. The van der Waals surface area contributed by atoms with Crippen LogP contribution in [0.15, 0.2) is 30.5 Å². The molecule has 4 rings (SSSR count). The van der Waals surface area contributed by atoms with Crippen LogP contribution in [0.25, 0.3) is 22.2 Å². The summed E-state index contributed by atoms with van der Waals surface area (Å²) in [6.45, 7) is 7.69. The van der Waals surface area contributed by atoms with Gasteiger partial charge in [0, 0.05) is 29.6 Å². The van der Waals surface area contributed by atoms with Crippen LogP contribution in [-0.2, 0) is 16.8 Å². The Morgan fingerprint density at radius 2 is 2.14 bits per heavy atom. The zero-order valence-electron chi connectivity index (χ0n) is 16.9. The van der Waals surface area contributed by atoms with Gasteiger partial charge >= 0.3 is 0 Å². The van der Waals surface area contributed by atoms with Crippen LogP contribution in [0.4, 0.5) is 0 Å². The van der Waals surface area contributed by atoms with E-state index < -0.39 is 5.41 Å². The third-order valence-corrected chi connectivity index (χ3v) is 5.85. The summed E-state index contributed by atoms with van der Waals surface area (Å²) in [6, 6.07) is 8.22. The Morgan fingerprint density at radius 3 is 2.86 bits per heavy atom. The molecule has 2 aromatic heterocycles. The van der Waals surface area contributed by atoms with Crippen molar-refractivity contribution in [2.45, 2.75) is 45.6 Å². The second kappa shape index (κ2) is 6.93. The highest BCUT2D eigenvalue weighted by molar-refractivity contribution is 5.90. The van der Waals surface area contributed by atoms with Crippen molar-refractivity contribution < 1.29 is 9.53 Å². The number of aryl methyl sites for hydroxylation is 2. The summed E-state index contributed by atoms with van der Waals surface area (Å²) in [7, 11) is 1.61. The lowest BCUT2D eigenvalue weighted by atomic mass is 9.76. The normalized spacial score (nSPS) is 19.6. The smallest absolute Gasteiger partial charge is 0.230 e. The van der Waals surface area contributed by atoms with Gasteiger partial charge in [0.1, 0.15) is 0 Å². The Morgan fingerprint density at radius 1 is 1.32 bits per heavy atom. The summed E-state index contributed by atoms with van der Waals surface area (Å²) in [5.74, 6) is 0.550. The molecule has 1 aliphatic heterocycles. The van der Waals surface area contributed by atoms with Crippen LogP contribution in [0.1, 0.15) is 37.8 Å². The molecule has 146 valence electrons. The fourth-order valence-electron chi connectivity index (χ4n) is 4.14. The van der Waals surface area contributed by atoms with E-state index in [1.165, 1.54) is 0 Å². The number of ether oxygens (including phenoxy) is 1. The van der Waals surface area contributed by atoms with E-state index in [1.807, 2.05) is 29.9 Å². The van der Waals surface area contributed by atoms with Crippen LogP contribution in [0.2, 0.25) is 0 Å². The fraction of sp³-hybridized carbons (Fsp3) is 0.409. The molecule has 0 aliphatic carbocycles. The molecule has 0 bridgehead atoms. The lowest BCUT2D eigenvalue weighted by Crippen LogP contribution is -2.47. The van der Waals surface area contributed by atoms with E-state index >= 15 is 0 Å². The van der Waals surface area contributed by atoms with Crippen molar-refractivity contribution >= 4 is 16.8 Å². The summed E-state index contributed by atoms with van der Waals surface area (Å²) in [4.78, 5) is 17.3. The zero-order chi connectivity index (χ0) is 19.9. The molecule has 28 heavy (non-hydrogen) atoms. The van der Waals surface area contributed by atoms with E-state index in [4.69, 9.17) is 9.72 Å². The third kappa shape index (κ3) is 2.84. The number of hydrogen-bond acceptors (Lipinski definition) is 4. The largest absolute Gasteiger partial charge is 0.481 e. The maximum Gasteiger partial charge on any atom is 0.230 e. The topological polar surface area (TPSA) is 69.0 Å². The van der Waals surface area contributed by atoms with Crippen molar-refractivity contribution in [1.82, 2.24) is 20.1 Å². The van der Waals surface area contributed by atoms with E-state index in [1.54, 1.807) is 7.11 Å². The average Bonchev–Trinajstić information content (AvgIpc) is 3.13. The standard InChI is InChI=1S/C22H26N4O2/c1-5-26-19-12-15(11-14(2)16(19)13-24-26)18-8-7-17(20(25-18)28-4)22(3)9-6-10-23-21(22)27/h7-8,11-13H,5-6,9-10H2,1-4H3,(H,23,27). The molecule has 1 amide bonds. The number of carbonyl (C=O) groups excluding carboxylic acids is 1. The molecule has 1 unspecified atom stereocenters. The van der Waals surface area contributed by atoms with Gasteiger partial charge in [-0.05, 0) is 57.4 Å². The Kier molecular flexibility index (Phi) is 4.57. The number of hydrogen-bond donors (Lipinski definition) is 1. The predicted octanol–water partition coefficient (Wildman–Crippen LogP) is 3.60. The maximum atomic E-state index is 12.6. The molecular formula is C22H26N4O2. The third-order valence-electron chi connectivity index (χ3n) is 5.85. The highest BCUT2D eigenvalue weighted by Crippen LogP contribution is 2.38. The van der Waals surface area contributed by atoms with Crippen molar-refractivity contribution in [3.63, 3.8) is 0 Å². The van der Waals surface area contributed by atoms with Crippen molar-refractivity contribution in [2.24, 2.45) is 0 Å². The summed E-state index contributed by atoms with van der Waals surface area (Å²) in [6.07, 6.45) is 3.65. The lowest BCUT2D eigenvalue weighted by molar-refractivity contribution is -0.128. The quantitative estimate of drug-likeness (QED) is 0.753. The molecule has 6 nitrogen and oxygen atoms in total. The van der Waals surface area contributed by atoms with Gasteiger partial charge in [0.25, 0.3) is 0 Å². The number of methoxy groups -OCH3 is 1. The molecule has 0 saturated carbocycles. The number of aromatic nitrogens is 3. The van der Waals surface area contributed by atoms with Crippen LogP contribution in [0.3, 0.4) is 0 Å². The SMILES string of the molecule is CCn1ncc2c(C)cc(-c3ccc(C4(C)CCCNC4=O)c(OC)n3)cc21. The van der Waals surface area contributed by atoms with E-state index in [0.717, 1.165) is 59.2 Å². The highest BCUT2D eigenvalue weighted by atomic mass is 16.5. The van der Waals surface area contributed by atoms with Crippen molar-refractivity contribution in [2.75, 3.05) is 13.7 Å². The first kappa shape index (κ1) is 18.5. The van der Waals surface area contributed by atoms with Gasteiger partial charge in [0.15, 0.2) is 0 Å². The molecule has 1 aromatic carbocycles. The highest BCUT2D eigenvalue weighted by Gasteiger charge is 2.40. The Labute approximate surface area is 164 Å². The summed E-state index contributed by atoms with van der Waals surface area (Å²) < 4.78 is 7.60. The average molecular weight is 378 g/mol. The van der Waals surface area contributed by atoms with Crippen LogP contribution >= 0.6 is 0 Å². The van der Waals surface area contributed by atoms with Gasteiger partial charge in [-0.3, -0.25) is 9.48 Å². The Balaban J connectivity index is 1.82. The van der Waals surface area contributed by atoms with Crippen LogP contribution < -0.4 is 10.1 Å². The van der Waals surface area contributed by atoms with E-state index in [0.29, 0.717) is 5.88 Å². The molecule has 0 spiro atoms. The monoisotopic (exact) mass is 378 g/mol. The Hall–Kier alpha value is -2.89. The number of rotatable bonds is 4. The van der Waals surface area contributed by atoms with Gasteiger partial charge < -0.3 is 10.1 Å². The van der Waals surface area contributed by atoms with E-state index in [9.17, 15) is 4.79 Å². The fourth-order valence-corrected chi connectivity index (χ4v) is 4.14. The lowest BCUT2D eigenvalue weighted by Gasteiger charge is -2.33. The van der Waals surface area contributed by atoms with Gasteiger partial charge in [-0.2, -0.15) is 5.10 Å².